The van der Waals surface area contributed by atoms with Gasteiger partial charge in [0.1, 0.15) is 6.04 Å². The number of hydrogen-bond donors (Lipinski definition) is 1. The molecule has 17 heavy (non-hydrogen) atoms. The predicted molar refractivity (Wildman–Crippen MR) is 62.9 cm³/mol. The Morgan fingerprint density at radius 1 is 1.65 bits per heavy atom. The minimum Gasteiger partial charge on any atom is -0.351 e. The van der Waals surface area contributed by atoms with Crippen LogP contribution in [0.2, 0.25) is 0 Å². The number of amides is 2. The monoisotopic (exact) mass is 237 g/mol. The third kappa shape index (κ3) is 3.45. The summed E-state index contributed by atoms with van der Waals surface area (Å²) in [6.07, 6.45) is 2.26. The molecule has 1 saturated heterocycles. The second-order valence-corrected chi connectivity index (χ2v) is 4.39. The molecule has 1 aliphatic heterocycles. The van der Waals surface area contributed by atoms with Crippen LogP contribution in [-0.2, 0) is 9.59 Å². The molecule has 1 heterocycles. The van der Waals surface area contributed by atoms with E-state index < -0.39 is 0 Å². The molecule has 0 aromatic carbocycles. The molecule has 94 valence electrons. The number of nitrogens with one attached hydrogen (secondary N) is 1. The Hall–Kier alpha value is -1.57. The molecule has 1 fully saturated rings. The van der Waals surface area contributed by atoms with Gasteiger partial charge in [0.2, 0.25) is 11.8 Å². The zero-order chi connectivity index (χ0) is 12.8. The van der Waals surface area contributed by atoms with Gasteiger partial charge in [-0.15, -0.1) is 0 Å². The molecule has 0 bridgehead atoms. The van der Waals surface area contributed by atoms with Crippen LogP contribution in [0, 0.1) is 11.3 Å². The number of nitriles is 1. The molecule has 0 spiro atoms. The van der Waals surface area contributed by atoms with Gasteiger partial charge < -0.3 is 10.2 Å². The normalized spacial score (nSPS) is 18.6. The fraction of sp³-hybridized carbons (Fsp3) is 0.750. The Labute approximate surface area is 102 Å². The van der Waals surface area contributed by atoms with Crippen molar-refractivity contribution in [2.24, 2.45) is 0 Å². The fourth-order valence-electron chi connectivity index (χ4n) is 2.07. The lowest BCUT2D eigenvalue weighted by molar-refractivity contribution is -0.137. The van der Waals surface area contributed by atoms with Crippen LogP contribution in [0.1, 0.15) is 39.5 Å². The van der Waals surface area contributed by atoms with E-state index in [1.807, 2.05) is 13.0 Å². The number of hydrogen-bond acceptors (Lipinski definition) is 3. The summed E-state index contributed by atoms with van der Waals surface area (Å²) >= 11 is 0. The number of carbonyl (C=O) groups excluding carboxylic acids is 2. The fourth-order valence-corrected chi connectivity index (χ4v) is 2.07. The van der Waals surface area contributed by atoms with Gasteiger partial charge in [0, 0.05) is 19.0 Å². The zero-order valence-corrected chi connectivity index (χ0v) is 10.4. The van der Waals surface area contributed by atoms with Crippen LogP contribution in [0.3, 0.4) is 0 Å². The Morgan fingerprint density at radius 3 is 2.82 bits per heavy atom. The highest BCUT2D eigenvalue weighted by molar-refractivity contribution is 5.88. The maximum atomic E-state index is 12.0. The molecule has 0 radical (unpaired) electrons. The maximum absolute atomic E-state index is 12.0. The van der Waals surface area contributed by atoms with E-state index in [1.54, 1.807) is 11.8 Å². The summed E-state index contributed by atoms with van der Waals surface area (Å²) in [7, 11) is 0. The number of likely N-dealkylation sites (tertiary alicyclic amines) is 1. The van der Waals surface area contributed by atoms with Crippen molar-refractivity contribution in [3.63, 3.8) is 0 Å². The van der Waals surface area contributed by atoms with Crippen molar-refractivity contribution in [1.82, 2.24) is 10.2 Å². The predicted octanol–water partition coefficient (Wildman–Crippen LogP) is 0.806. The van der Waals surface area contributed by atoms with E-state index in [0.717, 1.165) is 6.42 Å². The van der Waals surface area contributed by atoms with Gasteiger partial charge in [-0.05, 0) is 19.8 Å². The molecule has 5 nitrogen and oxygen atoms in total. The van der Waals surface area contributed by atoms with Gasteiger partial charge in [0.05, 0.1) is 12.5 Å². The number of rotatable bonds is 5. The molecule has 2 atom stereocenters. The van der Waals surface area contributed by atoms with Crippen molar-refractivity contribution in [3.05, 3.63) is 0 Å². The van der Waals surface area contributed by atoms with Crippen LogP contribution in [0.4, 0.5) is 0 Å². The second-order valence-electron chi connectivity index (χ2n) is 4.39. The van der Waals surface area contributed by atoms with Gasteiger partial charge in [-0.2, -0.15) is 5.26 Å². The molecule has 0 aromatic heterocycles. The SMILES string of the molecule is CC[C@@H](C(=O)N[C@@H](C)CC#N)N1CCCC1=O. The van der Waals surface area contributed by atoms with E-state index in [1.165, 1.54) is 0 Å². The summed E-state index contributed by atoms with van der Waals surface area (Å²) in [6, 6.07) is 1.46. The van der Waals surface area contributed by atoms with E-state index in [4.69, 9.17) is 5.26 Å². The van der Waals surface area contributed by atoms with Crippen molar-refractivity contribution in [2.75, 3.05) is 6.54 Å². The minimum atomic E-state index is -0.383. The van der Waals surface area contributed by atoms with E-state index >= 15 is 0 Å². The Morgan fingerprint density at radius 2 is 2.35 bits per heavy atom. The average molecular weight is 237 g/mol. The van der Waals surface area contributed by atoms with Gasteiger partial charge in [-0.25, -0.2) is 0 Å². The second kappa shape index (κ2) is 6.24. The van der Waals surface area contributed by atoms with Gasteiger partial charge in [-0.3, -0.25) is 9.59 Å². The molecule has 5 heteroatoms. The molecule has 1 rings (SSSR count). The third-order valence-electron chi connectivity index (χ3n) is 2.96. The molecule has 0 aliphatic carbocycles. The van der Waals surface area contributed by atoms with E-state index in [2.05, 4.69) is 5.32 Å². The molecule has 1 aliphatic rings. The van der Waals surface area contributed by atoms with Crippen LogP contribution in [-0.4, -0.2) is 35.3 Å². The van der Waals surface area contributed by atoms with Gasteiger partial charge in [-0.1, -0.05) is 6.92 Å². The lowest BCUT2D eigenvalue weighted by atomic mass is 10.1. The molecule has 1 N–H and O–H groups in total. The molecular formula is C12H19N3O2. The average Bonchev–Trinajstić information content (AvgIpc) is 2.66. The quantitative estimate of drug-likeness (QED) is 0.768. The zero-order valence-electron chi connectivity index (χ0n) is 10.4. The molecule has 0 saturated carbocycles. The van der Waals surface area contributed by atoms with Crippen LogP contribution in [0.25, 0.3) is 0 Å². The molecule has 0 unspecified atom stereocenters. The minimum absolute atomic E-state index is 0.0555. The van der Waals surface area contributed by atoms with Crippen molar-refractivity contribution in [2.45, 2.75) is 51.6 Å². The molecular weight excluding hydrogens is 218 g/mol. The first-order valence-corrected chi connectivity index (χ1v) is 6.07. The van der Waals surface area contributed by atoms with E-state index in [9.17, 15) is 9.59 Å². The Bertz CT molecular complexity index is 335. The highest BCUT2D eigenvalue weighted by Crippen LogP contribution is 2.16. The van der Waals surface area contributed by atoms with E-state index in [0.29, 0.717) is 19.4 Å². The molecule has 0 aromatic rings. The van der Waals surface area contributed by atoms with Crippen LogP contribution >= 0.6 is 0 Å². The van der Waals surface area contributed by atoms with Crippen molar-refractivity contribution >= 4 is 11.8 Å². The van der Waals surface area contributed by atoms with Crippen LogP contribution < -0.4 is 5.32 Å². The van der Waals surface area contributed by atoms with Crippen molar-refractivity contribution in [3.8, 4) is 6.07 Å². The summed E-state index contributed by atoms with van der Waals surface area (Å²) in [6.45, 7) is 4.35. The summed E-state index contributed by atoms with van der Waals surface area (Å²) in [5, 5.41) is 11.3. The highest BCUT2D eigenvalue weighted by atomic mass is 16.2. The summed E-state index contributed by atoms with van der Waals surface area (Å²) in [5.74, 6) is -0.0922. The standard InChI is InChI=1S/C12H19N3O2/c1-3-10(15-8-4-5-11(15)16)12(17)14-9(2)6-7-13/h9-10H,3-6,8H2,1-2H3,(H,14,17)/t9-,10-/m0/s1. The summed E-state index contributed by atoms with van der Waals surface area (Å²) < 4.78 is 0. The summed E-state index contributed by atoms with van der Waals surface area (Å²) in [4.78, 5) is 25.2. The lowest BCUT2D eigenvalue weighted by Crippen LogP contribution is -2.49. The van der Waals surface area contributed by atoms with Gasteiger partial charge in [0.15, 0.2) is 0 Å². The Balaban J connectivity index is 2.58. The largest absolute Gasteiger partial charge is 0.351 e. The summed E-state index contributed by atoms with van der Waals surface area (Å²) in [5.41, 5.74) is 0. The Kier molecular flexibility index (Phi) is 4.95. The van der Waals surface area contributed by atoms with Crippen LogP contribution in [0.5, 0.6) is 0 Å². The first-order chi connectivity index (χ1) is 8.10. The first-order valence-electron chi connectivity index (χ1n) is 6.07. The first kappa shape index (κ1) is 13.5. The topological polar surface area (TPSA) is 73.2 Å². The van der Waals surface area contributed by atoms with E-state index in [-0.39, 0.29) is 30.3 Å². The van der Waals surface area contributed by atoms with Gasteiger partial charge in [0.25, 0.3) is 0 Å². The number of carbonyl (C=O) groups is 2. The third-order valence-corrected chi connectivity index (χ3v) is 2.96. The lowest BCUT2D eigenvalue weighted by Gasteiger charge is -2.26. The van der Waals surface area contributed by atoms with Gasteiger partial charge >= 0.3 is 0 Å². The maximum Gasteiger partial charge on any atom is 0.243 e. The van der Waals surface area contributed by atoms with Crippen molar-refractivity contribution in [1.29, 1.82) is 5.26 Å². The highest BCUT2D eigenvalue weighted by Gasteiger charge is 2.31. The molecule has 2 amide bonds. The van der Waals surface area contributed by atoms with Crippen LogP contribution in [0.15, 0.2) is 0 Å². The van der Waals surface area contributed by atoms with Crippen molar-refractivity contribution < 1.29 is 9.59 Å². The smallest absolute Gasteiger partial charge is 0.243 e. The number of nitrogens with zero attached hydrogens (tertiary/aromatic N) is 2.